The molecule has 2 aliphatic heterocycles. The summed E-state index contributed by atoms with van der Waals surface area (Å²) in [5.41, 5.74) is 1.31. The van der Waals surface area contributed by atoms with Gasteiger partial charge < -0.3 is 4.90 Å². The van der Waals surface area contributed by atoms with Gasteiger partial charge in [-0.05, 0) is 67.9 Å². The van der Waals surface area contributed by atoms with Crippen LogP contribution in [0.25, 0.3) is 0 Å². The zero-order chi connectivity index (χ0) is 21.1. The third-order valence-electron chi connectivity index (χ3n) is 6.20. The van der Waals surface area contributed by atoms with E-state index in [1.165, 1.54) is 22.0 Å². The van der Waals surface area contributed by atoms with Gasteiger partial charge in [0.15, 0.2) is 0 Å². The molecule has 2 heterocycles. The molecule has 2 fully saturated rings. The number of hydrogen-bond donors (Lipinski definition) is 0. The predicted molar refractivity (Wildman–Crippen MR) is 113 cm³/mol. The third-order valence-corrected chi connectivity index (χ3v) is 8.12. The van der Waals surface area contributed by atoms with E-state index in [0.29, 0.717) is 38.4 Å². The summed E-state index contributed by atoms with van der Waals surface area (Å²) >= 11 is 0. The summed E-state index contributed by atoms with van der Waals surface area (Å²) < 4.78 is 40.6. The van der Waals surface area contributed by atoms with Gasteiger partial charge >= 0.3 is 0 Å². The number of carbonyl (C=O) groups is 1. The largest absolute Gasteiger partial charge is 0.341 e. The molecular formula is C23H27FN2O3S. The Morgan fingerprint density at radius 3 is 2.27 bits per heavy atom. The maximum atomic E-state index is 13.2. The monoisotopic (exact) mass is 430 g/mol. The molecule has 5 nitrogen and oxygen atoms in total. The molecule has 1 amide bonds. The van der Waals surface area contributed by atoms with Crippen molar-refractivity contribution in [3.63, 3.8) is 0 Å². The molecule has 0 bridgehead atoms. The molecule has 0 aliphatic carbocycles. The summed E-state index contributed by atoms with van der Waals surface area (Å²) in [5, 5.41) is 0. The molecule has 0 radical (unpaired) electrons. The molecule has 0 spiro atoms. The van der Waals surface area contributed by atoms with Gasteiger partial charge in [0, 0.05) is 19.6 Å². The van der Waals surface area contributed by atoms with E-state index in [2.05, 4.69) is 12.1 Å². The maximum absolute atomic E-state index is 13.2. The van der Waals surface area contributed by atoms with Crippen LogP contribution in [0.4, 0.5) is 4.39 Å². The van der Waals surface area contributed by atoms with E-state index in [-0.39, 0.29) is 10.8 Å². The van der Waals surface area contributed by atoms with Crippen LogP contribution in [-0.4, -0.2) is 49.2 Å². The highest BCUT2D eigenvalue weighted by atomic mass is 32.2. The second-order valence-corrected chi connectivity index (χ2v) is 10.1. The number of hydrogen-bond acceptors (Lipinski definition) is 3. The second-order valence-electron chi connectivity index (χ2n) is 8.19. The number of rotatable bonds is 5. The summed E-state index contributed by atoms with van der Waals surface area (Å²) in [7, 11) is -3.82. The van der Waals surface area contributed by atoms with Gasteiger partial charge in [-0.1, -0.05) is 30.3 Å². The molecule has 2 saturated heterocycles. The van der Waals surface area contributed by atoms with Crippen LogP contribution in [0.5, 0.6) is 0 Å². The summed E-state index contributed by atoms with van der Waals surface area (Å²) in [5.74, 6) is -0.0446. The van der Waals surface area contributed by atoms with E-state index in [1.807, 2.05) is 23.1 Å². The van der Waals surface area contributed by atoms with E-state index < -0.39 is 21.9 Å². The Labute approximate surface area is 177 Å². The van der Waals surface area contributed by atoms with Crippen LogP contribution in [0.2, 0.25) is 0 Å². The fourth-order valence-electron chi connectivity index (χ4n) is 4.53. The van der Waals surface area contributed by atoms with Crippen molar-refractivity contribution in [3.05, 3.63) is 66.0 Å². The summed E-state index contributed by atoms with van der Waals surface area (Å²) in [6.45, 7) is 1.65. The number of likely N-dealkylation sites (tertiary alicyclic amines) is 1. The third kappa shape index (κ3) is 4.42. The number of amides is 1. The molecule has 0 N–H and O–H groups in total. The number of sulfonamides is 1. The minimum absolute atomic E-state index is 0.0326. The van der Waals surface area contributed by atoms with Crippen LogP contribution in [0.1, 0.15) is 31.2 Å². The molecule has 4 rings (SSSR count). The Kier molecular flexibility index (Phi) is 6.20. The van der Waals surface area contributed by atoms with Crippen molar-refractivity contribution >= 4 is 15.9 Å². The molecule has 2 aromatic carbocycles. The van der Waals surface area contributed by atoms with Crippen molar-refractivity contribution < 1.29 is 17.6 Å². The maximum Gasteiger partial charge on any atom is 0.243 e. The smallest absolute Gasteiger partial charge is 0.243 e. The van der Waals surface area contributed by atoms with Gasteiger partial charge in [-0.3, -0.25) is 4.79 Å². The fourth-order valence-corrected chi connectivity index (χ4v) is 6.18. The molecule has 0 aromatic heterocycles. The highest BCUT2D eigenvalue weighted by Gasteiger charge is 2.41. The van der Waals surface area contributed by atoms with Crippen molar-refractivity contribution in [2.75, 3.05) is 19.6 Å². The Morgan fingerprint density at radius 1 is 0.933 bits per heavy atom. The predicted octanol–water partition coefficient (Wildman–Crippen LogP) is 3.46. The number of halogens is 1. The summed E-state index contributed by atoms with van der Waals surface area (Å²) in [6, 6.07) is 14.5. The van der Waals surface area contributed by atoms with E-state index in [9.17, 15) is 17.6 Å². The normalized spacial score (nSPS) is 21.1. The lowest BCUT2D eigenvalue weighted by Crippen LogP contribution is -2.50. The average Bonchev–Trinajstić information content (AvgIpc) is 3.26. The highest BCUT2D eigenvalue weighted by molar-refractivity contribution is 7.89. The average molecular weight is 431 g/mol. The van der Waals surface area contributed by atoms with Gasteiger partial charge in [0.2, 0.25) is 15.9 Å². The summed E-state index contributed by atoms with van der Waals surface area (Å²) in [6.07, 6.45) is 4.05. The molecular weight excluding hydrogens is 403 g/mol. The molecule has 30 heavy (non-hydrogen) atoms. The first-order valence-corrected chi connectivity index (χ1v) is 12.0. The van der Waals surface area contributed by atoms with E-state index in [0.717, 1.165) is 31.4 Å². The van der Waals surface area contributed by atoms with Gasteiger partial charge in [0.05, 0.1) is 4.90 Å². The van der Waals surface area contributed by atoms with Gasteiger partial charge in [0.1, 0.15) is 11.9 Å². The van der Waals surface area contributed by atoms with Gasteiger partial charge in [-0.15, -0.1) is 0 Å². The van der Waals surface area contributed by atoms with Crippen LogP contribution >= 0.6 is 0 Å². The molecule has 0 saturated carbocycles. The topological polar surface area (TPSA) is 57.7 Å². The standard InChI is InChI=1S/C23H27FN2O3S/c24-20-8-10-21(11-9-20)30(28,29)26-14-4-7-22(26)23(27)25-15-12-19(13-16-25)17-18-5-2-1-3-6-18/h1-3,5-6,8-11,19,22H,4,7,12-17H2. The van der Waals surface area contributed by atoms with Crippen LogP contribution in [0, 0.1) is 11.7 Å². The van der Waals surface area contributed by atoms with Crippen LogP contribution < -0.4 is 0 Å². The lowest BCUT2D eigenvalue weighted by Gasteiger charge is -2.35. The van der Waals surface area contributed by atoms with Crippen molar-refractivity contribution in [3.8, 4) is 0 Å². The fraction of sp³-hybridized carbons (Fsp3) is 0.435. The van der Waals surface area contributed by atoms with Crippen molar-refractivity contribution in [2.45, 2.75) is 43.0 Å². The molecule has 1 unspecified atom stereocenters. The van der Waals surface area contributed by atoms with Crippen molar-refractivity contribution in [1.82, 2.24) is 9.21 Å². The Hall–Kier alpha value is -2.25. The first kappa shape index (κ1) is 21.0. The molecule has 1 atom stereocenters. The van der Waals surface area contributed by atoms with Crippen LogP contribution in [0.15, 0.2) is 59.5 Å². The van der Waals surface area contributed by atoms with Crippen molar-refractivity contribution in [1.29, 1.82) is 0 Å². The zero-order valence-electron chi connectivity index (χ0n) is 16.9. The van der Waals surface area contributed by atoms with E-state index in [4.69, 9.17) is 0 Å². The molecule has 2 aliphatic rings. The first-order valence-electron chi connectivity index (χ1n) is 10.6. The van der Waals surface area contributed by atoms with E-state index in [1.54, 1.807) is 0 Å². The SMILES string of the molecule is O=C(C1CCCN1S(=O)(=O)c1ccc(F)cc1)N1CCC(Cc2ccccc2)CC1. The Balaban J connectivity index is 1.40. The quantitative estimate of drug-likeness (QED) is 0.730. The second kappa shape index (κ2) is 8.86. The number of carbonyl (C=O) groups excluding carboxylic acids is 1. The zero-order valence-corrected chi connectivity index (χ0v) is 17.7. The van der Waals surface area contributed by atoms with Gasteiger partial charge in [-0.25, -0.2) is 12.8 Å². The number of piperidine rings is 1. The number of benzene rings is 2. The van der Waals surface area contributed by atoms with Crippen LogP contribution in [-0.2, 0) is 21.2 Å². The summed E-state index contributed by atoms with van der Waals surface area (Å²) in [4.78, 5) is 15.0. The van der Waals surface area contributed by atoms with Gasteiger partial charge in [0.25, 0.3) is 0 Å². The highest BCUT2D eigenvalue weighted by Crippen LogP contribution is 2.29. The first-order chi connectivity index (χ1) is 14.4. The number of nitrogens with zero attached hydrogens (tertiary/aromatic N) is 2. The van der Waals surface area contributed by atoms with Gasteiger partial charge in [-0.2, -0.15) is 4.31 Å². The Morgan fingerprint density at radius 2 is 1.60 bits per heavy atom. The molecule has 160 valence electrons. The molecule has 2 aromatic rings. The van der Waals surface area contributed by atoms with E-state index >= 15 is 0 Å². The lowest BCUT2D eigenvalue weighted by molar-refractivity contribution is -0.136. The Bertz CT molecular complexity index is 971. The van der Waals surface area contributed by atoms with Crippen molar-refractivity contribution in [2.24, 2.45) is 5.92 Å². The minimum atomic E-state index is -3.82. The lowest BCUT2D eigenvalue weighted by atomic mass is 9.90. The minimum Gasteiger partial charge on any atom is -0.341 e. The molecule has 7 heteroatoms. The van der Waals surface area contributed by atoms with Crippen LogP contribution in [0.3, 0.4) is 0 Å².